The zero-order valence-electron chi connectivity index (χ0n) is 15.2. The number of fused-ring (bicyclic) bond motifs is 1. The van der Waals surface area contributed by atoms with Crippen molar-refractivity contribution in [1.29, 1.82) is 0 Å². The van der Waals surface area contributed by atoms with E-state index >= 15 is 0 Å². The number of hydrogen-bond acceptors (Lipinski definition) is 0. The minimum Gasteiger partial charge on any atom is -0.0651 e. The Kier molecular flexibility index (Phi) is 6.51. The maximum atomic E-state index is 2.39. The van der Waals surface area contributed by atoms with Gasteiger partial charge in [0.1, 0.15) is 0 Å². The molecular weight excluding hydrogens is 379 g/mol. The van der Waals surface area contributed by atoms with Crippen LogP contribution in [0.5, 0.6) is 0 Å². The van der Waals surface area contributed by atoms with Crippen molar-refractivity contribution in [3.05, 3.63) is 71.1 Å². The van der Waals surface area contributed by atoms with Gasteiger partial charge in [0.15, 0.2) is 0 Å². The first-order valence-electron chi connectivity index (χ1n) is 9.64. The summed E-state index contributed by atoms with van der Waals surface area (Å²) < 4.78 is 0. The Morgan fingerprint density at radius 1 is 0.920 bits per heavy atom. The first kappa shape index (κ1) is 18.8. The summed E-state index contributed by atoms with van der Waals surface area (Å²) in [5, 5.41) is 0. The van der Waals surface area contributed by atoms with Gasteiger partial charge in [-0.1, -0.05) is 86.7 Å². The fraction of sp³-hybridized carbons (Fsp3) is 0.375. The largest absolute Gasteiger partial charge is 0.0651 e. The van der Waals surface area contributed by atoms with Crippen molar-refractivity contribution in [2.45, 2.75) is 57.8 Å². The van der Waals surface area contributed by atoms with Gasteiger partial charge in [0, 0.05) is 32.6 Å². The van der Waals surface area contributed by atoms with Crippen molar-refractivity contribution in [2.75, 3.05) is 0 Å². The molecule has 0 unspecified atom stereocenters. The molecule has 0 atom stereocenters. The van der Waals surface area contributed by atoms with Crippen molar-refractivity contribution in [3.8, 4) is 11.1 Å². The van der Waals surface area contributed by atoms with Crippen LogP contribution in [0.15, 0.2) is 48.0 Å². The average Bonchev–Trinajstić information content (AvgIpc) is 3.05. The maximum Gasteiger partial charge on any atom is 0.0164 e. The Hall–Kier alpha value is -0.937. The van der Waals surface area contributed by atoms with Gasteiger partial charge in [-0.2, -0.15) is 0 Å². The second-order valence-electron chi connectivity index (χ2n) is 7.38. The van der Waals surface area contributed by atoms with Gasteiger partial charge in [-0.05, 0) is 53.0 Å². The first-order chi connectivity index (χ1) is 11.8. The van der Waals surface area contributed by atoms with E-state index in [1.165, 1.54) is 72.8 Å². The van der Waals surface area contributed by atoms with E-state index in [0.29, 0.717) is 0 Å². The summed E-state index contributed by atoms with van der Waals surface area (Å²) >= 11 is 0. The molecule has 127 valence electrons. The minimum absolute atomic E-state index is 0. The zero-order valence-corrected chi connectivity index (χ0v) is 17.7. The average molecular weight is 407 g/mol. The summed E-state index contributed by atoms with van der Waals surface area (Å²) in [6.07, 6.45) is 14.1. The van der Waals surface area contributed by atoms with Gasteiger partial charge in [-0.3, -0.25) is 0 Å². The Labute approximate surface area is 171 Å². The molecule has 0 N–H and O–H groups in total. The third-order valence-corrected chi connectivity index (χ3v) is 5.65. The number of benzene rings is 2. The van der Waals surface area contributed by atoms with Crippen LogP contribution in [0.2, 0.25) is 0 Å². The molecule has 0 bridgehead atoms. The van der Waals surface area contributed by atoms with Crippen LogP contribution in [0, 0.1) is 6.42 Å². The molecule has 25 heavy (non-hydrogen) atoms. The second kappa shape index (κ2) is 8.63. The summed E-state index contributed by atoms with van der Waals surface area (Å²) in [5.41, 5.74) is 8.54. The number of rotatable bonds is 4. The van der Waals surface area contributed by atoms with Crippen LogP contribution in [-0.2, 0) is 26.2 Å². The van der Waals surface area contributed by atoms with Gasteiger partial charge in [-0.15, -0.1) is 0 Å². The van der Waals surface area contributed by atoms with Crippen molar-refractivity contribution < 1.29 is 26.2 Å². The molecule has 0 amide bonds. The van der Waals surface area contributed by atoms with E-state index in [9.17, 15) is 0 Å². The van der Waals surface area contributed by atoms with Gasteiger partial charge in [0.05, 0.1) is 0 Å². The smallest absolute Gasteiger partial charge is 0.0164 e. The molecule has 4 rings (SSSR count). The molecule has 1 heteroatoms. The van der Waals surface area contributed by atoms with Gasteiger partial charge >= 0.3 is 0 Å². The molecule has 1 saturated carbocycles. The number of allylic oxidation sites excluding steroid dienone is 1. The summed E-state index contributed by atoms with van der Waals surface area (Å²) in [6.45, 7) is 2.25. The van der Waals surface area contributed by atoms with Crippen LogP contribution in [0.25, 0.3) is 17.2 Å². The van der Waals surface area contributed by atoms with Crippen LogP contribution in [-0.4, -0.2) is 0 Å². The first-order valence-corrected chi connectivity index (χ1v) is 9.64. The molecule has 1 fully saturated rings. The molecule has 0 aromatic heterocycles. The fourth-order valence-electron chi connectivity index (χ4n) is 4.35. The van der Waals surface area contributed by atoms with Gasteiger partial charge in [0.25, 0.3) is 0 Å². The second-order valence-corrected chi connectivity index (χ2v) is 7.38. The van der Waals surface area contributed by atoms with Crippen molar-refractivity contribution >= 4 is 6.08 Å². The van der Waals surface area contributed by atoms with Crippen LogP contribution >= 0.6 is 0 Å². The molecule has 1 radical (unpaired) electrons. The zero-order chi connectivity index (χ0) is 16.4. The van der Waals surface area contributed by atoms with Gasteiger partial charge in [-0.25, -0.2) is 0 Å². The summed E-state index contributed by atoms with van der Waals surface area (Å²) in [5.74, 6) is 0.790. The van der Waals surface area contributed by atoms with E-state index in [-0.39, 0.29) is 26.2 Å². The summed E-state index contributed by atoms with van der Waals surface area (Å²) in [4.78, 5) is 0. The third-order valence-electron chi connectivity index (χ3n) is 5.65. The van der Waals surface area contributed by atoms with E-state index < -0.39 is 0 Å². The van der Waals surface area contributed by atoms with Crippen LogP contribution in [0.3, 0.4) is 0 Å². The Bertz CT molecular complexity index is 733. The van der Waals surface area contributed by atoms with Crippen LogP contribution in [0.1, 0.15) is 74.5 Å². The molecule has 0 aliphatic heterocycles. The molecule has 2 aromatic rings. The SMILES string of the molecule is CCCC1=Cc2c(cccc2-c2ccc(C3CCCCC3)cc2)[CH]1.[Zr]. The Morgan fingerprint density at radius 2 is 1.68 bits per heavy atom. The van der Waals surface area contributed by atoms with Gasteiger partial charge < -0.3 is 0 Å². The summed E-state index contributed by atoms with van der Waals surface area (Å²) in [6, 6.07) is 16.1. The van der Waals surface area contributed by atoms with E-state index in [1.807, 2.05) is 0 Å². The molecule has 0 spiro atoms. The Balaban J connectivity index is 0.00000182. The maximum absolute atomic E-state index is 2.39. The fourth-order valence-corrected chi connectivity index (χ4v) is 4.35. The van der Waals surface area contributed by atoms with Crippen molar-refractivity contribution in [1.82, 2.24) is 0 Å². The number of hydrogen-bond donors (Lipinski definition) is 0. The topological polar surface area (TPSA) is 0 Å². The predicted molar refractivity (Wildman–Crippen MR) is 104 cm³/mol. The molecule has 0 heterocycles. The Morgan fingerprint density at radius 3 is 2.40 bits per heavy atom. The molecule has 0 saturated heterocycles. The van der Waals surface area contributed by atoms with Gasteiger partial charge in [0.2, 0.25) is 0 Å². The van der Waals surface area contributed by atoms with E-state index in [1.54, 1.807) is 5.56 Å². The standard InChI is InChI=1S/C24H27.Zr/c1-2-7-18-16-22-10-6-11-23(24(22)17-18)21-14-12-20(13-15-21)19-8-4-3-5-9-19;/h6,10-17,19H,2-5,7-9H2,1H3;. The van der Waals surface area contributed by atoms with Crippen molar-refractivity contribution in [2.24, 2.45) is 0 Å². The van der Waals surface area contributed by atoms with Crippen LogP contribution < -0.4 is 0 Å². The summed E-state index contributed by atoms with van der Waals surface area (Å²) in [7, 11) is 0. The molecular formula is C24H27Zr. The minimum atomic E-state index is 0. The quantitative estimate of drug-likeness (QED) is 0.506. The van der Waals surface area contributed by atoms with Crippen molar-refractivity contribution in [3.63, 3.8) is 0 Å². The molecule has 2 aliphatic carbocycles. The predicted octanol–water partition coefficient (Wildman–Crippen LogP) is 7.15. The molecule has 0 nitrogen and oxygen atoms in total. The third kappa shape index (κ3) is 4.08. The van der Waals surface area contributed by atoms with E-state index in [4.69, 9.17) is 0 Å². The van der Waals surface area contributed by atoms with E-state index in [0.717, 1.165) is 5.92 Å². The van der Waals surface area contributed by atoms with Crippen LogP contribution in [0.4, 0.5) is 0 Å². The normalized spacial score (nSPS) is 16.9. The molecule has 2 aromatic carbocycles. The molecule has 2 aliphatic rings. The monoisotopic (exact) mass is 405 g/mol. The van der Waals surface area contributed by atoms with E-state index in [2.05, 4.69) is 61.9 Å².